The fraction of sp³-hybridized carbons (Fsp3) is 0.154. The van der Waals surface area contributed by atoms with E-state index in [4.69, 9.17) is 10.9 Å². The van der Waals surface area contributed by atoms with Crippen molar-refractivity contribution in [3.05, 3.63) is 36.4 Å². The van der Waals surface area contributed by atoms with Gasteiger partial charge in [0.1, 0.15) is 5.65 Å². The number of amidine groups is 1. The zero-order chi connectivity index (χ0) is 14.3. The lowest BCUT2D eigenvalue weighted by molar-refractivity contribution is 0.318. The molecule has 0 bridgehead atoms. The predicted octanol–water partition coefficient (Wildman–Crippen LogP) is 1.07. The van der Waals surface area contributed by atoms with E-state index >= 15 is 0 Å². The first-order chi connectivity index (χ1) is 9.60. The number of hydrogen-bond donors (Lipinski definition) is 2. The fourth-order valence-corrected chi connectivity index (χ4v) is 2.25. The summed E-state index contributed by atoms with van der Waals surface area (Å²) >= 11 is 0. The van der Waals surface area contributed by atoms with Crippen molar-refractivity contribution >= 4 is 16.9 Å². The molecule has 3 heterocycles. The van der Waals surface area contributed by atoms with Gasteiger partial charge >= 0.3 is 0 Å². The molecule has 0 aliphatic carbocycles. The summed E-state index contributed by atoms with van der Waals surface area (Å²) in [6, 6.07) is 1.96. The van der Waals surface area contributed by atoms with Crippen molar-refractivity contribution < 1.29 is 5.21 Å². The molecule has 7 heteroatoms. The number of pyridine rings is 1. The third-order valence-electron chi connectivity index (χ3n) is 3.24. The van der Waals surface area contributed by atoms with E-state index in [9.17, 15) is 0 Å². The van der Waals surface area contributed by atoms with E-state index in [1.165, 1.54) is 0 Å². The van der Waals surface area contributed by atoms with Gasteiger partial charge in [0.25, 0.3) is 0 Å². The van der Waals surface area contributed by atoms with Crippen LogP contribution >= 0.6 is 0 Å². The molecule has 20 heavy (non-hydrogen) atoms. The molecule has 3 N–H and O–H groups in total. The maximum Gasteiger partial charge on any atom is 0.172 e. The summed E-state index contributed by atoms with van der Waals surface area (Å²) in [6.45, 7) is 0. The van der Waals surface area contributed by atoms with Gasteiger partial charge in [-0.3, -0.25) is 4.68 Å². The summed E-state index contributed by atoms with van der Waals surface area (Å²) in [7, 11) is 3.73. The molecular weight excluding hydrogens is 256 g/mol. The zero-order valence-electron chi connectivity index (χ0n) is 11.1. The molecule has 3 aromatic rings. The second-order valence-electron chi connectivity index (χ2n) is 4.64. The molecule has 0 aliphatic rings. The Morgan fingerprint density at radius 2 is 2.05 bits per heavy atom. The van der Waals surface area contributed by atoms with Crippen LogP contribution in [0.3, 0.4) is 0 Å². The number of oxime groups is 1. The molecule has 102 valence electrons. The van der Waals surface area contributed by atoms with Gasteiger partial charge in [-0.2, -0.15) is 5.10 Å². The predicted molar refractivity (Wildman–Crippen MR) is 75.4 cm³/mol. The average molecular weight is 270 g/mol. The summed E-state index contributed by atoms with van der Waals surface area (Å²) in [4.78, 5) is 4.44. The smallest absolute Gasteiger partial charge is 0.172 e. The number of nitrogens with two attached hydrogens (primary N) is 1. The molecule has 0 amide bonds. The largest absolute Gasteiger partial charge is 0.409 e. The van der Waals surface area contributed by atoms with Gasteiger partial charge in [0.05, 0.1) is 6.20 Å². The molecule has 7 nitrogen and oxygen atoms in total. The molecular formula is C13H14N6O. The first-order valence-corrected chi connectivity index (χ1v) is 6.02. The zero-order valence-corrected chi connectivity index (χ0v) is 11.1. The van der Waals surface area contributed by atoms with Gasteiger partial charge in [-0.15, -0.1) is 0 Å². The Hall–Kier alpha value is -2.83. The van der Waals surface area contributed by atoms with Crippen LogP contribution in [-0.2, 0) is 14.1 Å². The number of aryl methyl sites for hydroxylation is 2. The van der Waals surface area contributed by atoms with E-state index in [1.807, 2.05) is 30.9 Å². The Kier molecular flexibility index (Phi) is 2.67. The van der Waals surface area contributed by atoms with Crippen LogP contribution in [0.15, 0.2) is 36.0 Å². The standard InChI is InChI=1S/C13H14N6O/c1-18-7-11(12(14)17-20)10-3-8(4-15-13(10)18)9-5-16-19(2)6-9/h3-7,20H,1-2H3,(H2,14,17). The molecule has 0 saturated carbocycles. The maximum atomic E-state index is 8.87. The van der Waals surface area contributed by atoms with Crippen LogP contribution in [-0.4, -0.2) is 30.4 Å². The minimum Gasteiger partial charge on any atom is -0.409 e. The van der Waals surface area contributed by atoms with Crippen molar-refractivity contribution in [1.82, 2.24) is 19.3 Å². The van der Waals surface area contributed by atoms with Crippen LogP contribution < -0.4 is 5.73 Å². The van der Waals surface area contributed by atoms with Gasteiger partial charge in [-0.05, 0) is 6.07 Å². The van der Waals surface area contributed by atoms with Crippen LogP contribution in [0.5, 0.6) is 0 Å². The highest BCUT2D eigenvalue weighted by molar-refractivity contribution is 6.08. The summed E-state index contributed by atoms with van der Waals surface area (Å²) in [5, 5.41) is 16.9. The summed E-state index contributed by atoms with van der Waals surface area (Å²) in [5.41, 5.74) is 9.04. The van der Waals surface area contributed by atoms with E-state index in [1.54, 1.807) is 23.3 Å². The van der Waals surface area contributed by atoms with Gasteiger partial charge in [0.2, 0.25) is 0 Å². The van der Waals surface area contributed by atoms with Crippen molar-refractivity contribution in [3.8, 4) is 11.1 Å². The minimum absolute atomic E-state index is 0.0701. The Bertz CT molecular complexity index is 813. The highest BCUT2D eigenvalue weighted by Gasteiger charge is 2.13. The lowest BCUT2D eigenvalue weighted by Gasteiger charge is -2.00. The Morgan fingerprint density at radius 3 is 2.70 bits per heavy atom. The molecule has 0 unspecified atom stereocenters. The fourth-order valence-electron chi connectivity index (χ4n) is 2.25. The van der Waals surface area contributed by atoms with E-state index in [2.05, 4.69) is 15.2 Å². The van der Waals surface area contributed by atoms with Crippen LogP contribution in [0.1, 0.15) is 5.56 Å². The SMILES string of the molecule is Cn1cc(-c2cnc3c(c2)c(/C(N)=N/O)cn3C)cn1. The van der Waals surface area contributed by atoms with Gasteiger partial charge in [0, 0.05) is 54.8 Å². The van der Waals surface area contributed by atoms with Crippen molar-refractivity contribution in [2.24, 2.45) is 25.0 Å². The van der Waals surface area contributed by atoms with Crippen LogP contribution in [0.4, 0.5) is 0 Å². The van der Waals surface area contributed by atoms with Crippen molar-refractivity contribution in [2.75, 3.05) is 0 Å². The topological polar surface area (TPSA) is 94.3 Å². The summed E-state index contributed by atoms with van der Waals surface area (Å²) < 4.78 is 3.57. The van der Waals surface area contributed by atoms with Gasteiger partial charge in [-0.25, -0.2) is 4.98 Å². The van der Waals surface area contributed by atoms with E-state index < -0.39 is 0 Å². The number of aromatic nitrogens is 4. The lowest BCUT2D eigenvalue weighted by Crippen LogP contribution is -2.12. The van der Waals surface area contributed by atoms with Crippen LogP contribution in [0.25, 0.3) is 22.2 Å². The summed E-state index contributed by atoms with van der Waals surface area (Å²) in [5.74, 6) is 0.0701. The molecule has 0 aliphatic heterocycles. The van der Waals surface area contributed by atoms with Crippen molar-refractivity contribution in [2.45, 2.75) is 0 Å². The van der Waals surface area contributed by atoms with Crippen LogP contribution in [0.2, 0.25) is 0 Å². The number of hydrogen-bond acceptors (Lipinski definition) is 4. The van der Waals surface area contributed by atoms with Crippen molar-refractivity contribution in [1.29, 1.82) is 0 Å². The van der Waals surface area contributed by atoms with Crippen LogP contribution in [0, 0.1) is 0 Å². The third kappa shape index (κ3) is 1.80. The second kappa shape index (κ2) is 4.37. The molecule has 3 rings (SSSR count). The Labute approximate surface area is 114 Å². The van der Waals surface area contributed by atoms with E-state index in [-0.39, 0.29) is 5.84 Å². The second-order valence-corrected chi connectivity index (χ2v) is 4.64. The normalized spacial score (nSPS) is 12.2. The highest BCUT2D eigenvalue weighted by atomic mass is 16.4. The monoisotopic (exact) mass is 270 g/mol. The first-order valence-electron chi connectivity index (χ1n) is 6.02. The van der Waals surface area contributed by atoms with Gasteiger partial charge < -0.3 is 15.5 Å². The molecule has 0 atom stereocenters. The minimum atomic E-state index is 0.0701. The number of rotatable bonds is 2. The summed E-state index contributed by atoms with van der Waals surface area (Å²) in [6.07, 6.45) is 7.26. The number of nitrogens with zero attached hydrogens (tertiary/aromatic N) is 5. The van der Waals surface area contributed by atoms with E-state index in [0.29, 0.717) is 5.56 Å². The van der Waals surface area contributed by atoms with E-state index in [0.717, 1.165) is 22.2 Å². The molecule has 0 radical (unpaired) electrons. The molecule has 0 spiro atoms. The molecule has 0 saturated heterocycles. The molecule has 0 fully saturated rings. The van der Waals surface area contributed by atoms with Gasteiger partial charge in [-0.1, -0.05) is 5.16 Å². The Morgan fingerprint density at radius 1 is 1.25 bits per heavy atom. The molecule has 3 aromatic heterocycles. The van der Waals surface area contributed by atoms with Gasteiger partial charge in [0.15, 0.2) is 5.84 Å². The Balaban J connectivity index is 2.24. The first kappa shape index (κ1) is 12.2. The molecule has 0 aromatic carbocycles. The lowest BCUT2D eigenvalue weighted by atomic mass is 10.1. The van der Waals surface area contributed by atoms with Crippen molar-refractivity contribution in [3.63, 3.8) is 0 Å². The average Bonchev–Trinajstić information content (AvgIpc) is 3.02. The number of fused-ring (bicyclic) bond motifs is 1. The highest BCUT2D eigenvalue weighted by Crippen LogP contribution is 2.25. The maximum absolute atomic E-state index is 8.87. The third-order valence-corrected chi connectivity index (χ3v) is 3.24. The quantitative estimate of drug-likeness (QED) is 0.315.